The molecule has 1 fully saturated rings. The molecule has 0 aromatic heterocycles. The Labute approximate surface area is 111 Å². The molecule has 1 aromatic carbocycles. The lowest BCUT2D eigenvalue weighted by Crippen LogP contribution is -2.37. The first-order valence-electron chi connectivity index (χ1n) is 6.54. The van der Waals surface area contributed by atoms with Crippen LogP contribution in [0.15, 0.2) is 18.2 Å². The number of carbonyl (C=O) groups excluding carboxylic acids is 1. The van der Waals surface area contributed by atoms with Crippen molar-refractivity contribution in [2.45, 2.75) is 25.3 Å². The van der Waals surface area contributed by atoms with E-state index in [0.29, 0.717) is 12.0 Å². The van der Waals surface area contributed by atoms with E-state index < -0.39 is 5.97 Å². The largest absolute Gasteiger partial charge is 0.478 e. The molecule has 1 aromatic rings. The van der Waals surface area contributed by atoms with Gasteiger partial charge in [0.05, 0.1) is 5.56 Å². The lowest BCUT2D eigenvalue weighted by Gasteiger charge is -2.23. The first-order chi connectivity index (χ1) is 9.13. The summed E-state index contributed by atoms with van der Waals surface area (Å²) in [5.74, 6) is -0.755. The van der Waals surface area contributed by atoms with E-state index in [4.69, 9.17) is 5.11 Å². The molecule has 2 aliphatic heterocycles. The van der Waals surface area contributed by atoms with Gasteiger partial charge in [0.1, 0.15) is 0 Å². The van der Waals surface area contributed by atoms with Crippen LogP contribution in [0.25, 0.3) is 0 Å². The SMILES string of the molecule is O=C1CCC(CN2CCc3cc(C(=O)O)ccc32)N1. The smallest absolute Gasteiger partial charge is 0.335 e. The Morgan fingerprint density at radius 3 is 2.95 bits per heavy atom. The highest BCUT2D eigenvalue weighted by atomic mass is 16.4. The molecule has 2 N–H and O–H groups in total. The van der Waals surface area contributed by atoms with Gasteiger partial charge in [0, 0.05) is 31.2 Å². The molecular weight excluding hydrogens is 244 g/mol. The topological polar surface area (TPSA) is 69.6 Å². The minimum atomic E-state index is -0.885. The number of nitrogens with one attached hydrogen (secondary N) is 1. The zero-order valence-electron chi connectivity index (χ0n) is 10.6. The molecule has 1 saturated heterocycles. The van der Waals surface area contributed by atoms with Gasteiger partial charge in [0.2, 0.25) is 5.91 Å². The maximum atomic E-state index is 11.2. The highest BCUT2D eigenvalue weighted by Gasteiger charge is 2.26. The van der Waals surface area contributed by atoms with Crippen LogP contribution >= 0.6 is 0 Å². The molecule has 1 atom stereocenters. The number of carboxylic acids is 1. The molecule has 0 bridgehead atoms. The van der Waals surface area contributed by atoms with Gasteiger partial charge in [0.15, 0.2) is 0 Å². The van der Waals surface area contributed by atoms with Crippen molar-refractivity contribution in [2.24, 2.45) is 0 Å². The number of rotatable bonds is 3. The molecular formula is C14H16N2O3. The lowest BCUT2D eigenvalue weighted by atomic mass is 10.1. The average Bonchev–Trinajstić information content (AvgIpc) is 2.96. The van der Waals surface area contributed by atoms with E-state index in [0.717, 1.165) is 37.2 Å². The van der Waals surface area contributed by atoms with Crippen molar-refractivity contribution in [1.82, 2.24) is 5.32 Å². The summed E-state index contributed by atoms with van der Waals surface area (Å²) < 4.78 is 0. The van der Waals surface area contributed by atoms with Gasteiger partial charge in [0.25, 0.3) is 0 Å². The van der Waals surface area contributed by atoms with Crippen LogP contribution in [0.4, 0.5) is 5.69 Å². The van der Waals surface area contributed by atoms with E-state index in [1.54, 1.807) is 12.1 Å². The minimum Gasteiger partial charge on any atom is -0.478 e. The maximum absolute atomic E-state index is 11.2. The molecule has 5 nitrogen and oxygen atoms in total. The molecule has 2 aliphatic rings. The summed E-state index contributed by atoms with van der Waals surface area (Å²) in [5.41, 5.74) is 2.53. The summed E-state index contributed by atoms with van der Waals surface area (Å²) in [6.45, 7) is 1.70. The van der Waals surface area contributed by atoms with Gasteiger partial charge in [-0.15, -0.1) is 0 Å². The lowest BCUT2D eigenvalue weighted by molar-refractivity contribution is -0.119. The van der Waals surface area contributed by atoms with Gasteiger partial charge in [-0.2, -0.15) is 0 Å². The van der Waals surface area contributed by atoms with Crippen molar-refractivity contribution in [1.29, 1.82) is 0 Å². The number of carbonyl (C=O) groups is 2. The van der Waals surface area contributed by atoms with Crippen LogP contribution < -0.4 is 10.2 Å². The predicted octanol–water partition coefficient (Wildman–Crippen LogP) is 1.03. The average molecular weight is 260 g/mol. The zero-order valence-corrected chi connectivity index (χ0v) is 10.6. The molecule has 0 spiro atoms. The zero-order chi connectivity index (χ0) is 13.4. The Balaban J connectivity index is 1.75. The molecule has 0 radical (unpaired) electrons. The van der Waals surface area contributed by atoms with Gasteiger partial charge >= 0.3 is 5.97 Å². The first-order valence-corrected chi connectivity index (χ1v) is 6.54. The number of fused-ring (bicyclic) bond motifs is 1. The second-order valence-electron chi connectivity index (χ2n) is 5.15. The fourth-order valence-electron chi connectivity index (χ4n) is 2.87. The molecule has 0 saturated carbocycles. The van der Waals surface area contributed by atoms with Crippen LogP contribution in [0.2, 0.25) is 0 Å². The number of aromatic carboxylic acids is 1. The van der Waals surface area contributed by atoms with Gasteiger partial charge in [-0.05, 0) is 36.6 Å². The Hall–Kier alpha value is -2.04. The van der Waals surface area contributed by atoms with E-state index in [9.17, 15) is 9.59 Å². The van der Waals surface area contributed by atoms with Gasteiger partial charge < -0.3 is 15.3 Å². The van der Waals surface area contributed by atoms with Crippen molar-refractivity contribution >= 4 is 17.6 Å². The Morgan fingerprint density at radius 2 is 2.26 bits per heavy atom. The van der Waals surface area contributed by atoms with Crippen molar-refractivity contribution in [2.75, 3.05) is 18.0 Å². The fraction of sp³-hybridized carbons (Fsp3) is 0.429. The third kappa shape index (κ3) is 2.28. The molecule has 1 amide bonds. The molecule has 1 unspecified atom stereocenters. The highest BCUT2D eigenvalue weighted by molar-refractivity contribution is 5.88. The Bertz CT molecular complexity index is 541. The van der Waals surface area contributed by atoms with Crippen molar-refractivity contribution in [3.05, 3.63) is 29.3 Å². The maximum Gasteiger partial charge on any atom is 0.335 e. The van der Waals surface area contributed by atoms with E-state index in [1.807, 2.05) is 6.07 Å². The molecule has 100 valence electrons. The van der Waals surface area contributed by atoms with Crippen LogP contribution in [-0.2, 0) is 11.2 Å². The van der Waals surface area contributed by atoms with E-state index >= 15 is 0 Å². The normalized spacial score (nSPS) is 21.4. The van der Waals surface area contributed by atoms with Crippen molar-refractivity contribution in [3.63, 3.8) is 0 Å². The standard InChI is InChI=1S/C14H16N2O3/c17-13-4-2-11(15-13)8-16-6-5-9-7-10(14(18)19)1-3-12(9)16/h1,3,7,11H,2,4-6,8H2,(H,15,17)(H,18,19). The second kappa shape index (κ2) is 4.57. The number of carboxylic acid groups (broad SMARTS) is 1. The van der Waals surface area contributed by atoms with Crippen molar-refractivity contribution in [3.8, 4) is 0 Å². The molecule has 2 heterocycles. The van der Waals surface area contributed by atoms with Gasteiger partial charge in [-0.1, -0.05) is 0 Å². The third-order valence-corrected chi connectivity index (χ3v) is 3.84. The Kier molecular flexibility index (Phi) is 2.89. The van der Waals surface area contributed by atoms with Crippen LogP contribution in [0.1, 0.15) is 28.8 Å². The van der Waals surface area contributed by atoms with E-state index in [2.05, 4.69) is 10.2 Å². The molecule has 0 aliphatic carbocycles. The molecule has 5 heteroatoms. The first kappa shape index (κ1) is 12.0. The summed E-state index contributed by atoms with van der Waals surface area (Å²) in [5, 5.41) is 11.9. The minimum absolute atomic E-state index is 0.130. The number of nitrogens with zero attached hydrogens (tertiary/aromatic N) is 1. The Morgan fingerprint density at radius 1 is 1.42 bits per heavy atom. The third-order valence-electron chi connectivity index (χ3n) is 3.84. The van der Waals surface area contributed by atoms with Crippen LogP contribution in [0.3, 0.4) is 0 Å². The number of benzene rings is 1. The van der Waals surface area contributed by atoms with Crippen molar-refractivity contribution < 1.29 is 14.7 Å². The monoisotopic (exact) mass is 260 g/mol. The number of amides is 1. The summed E-state index contributed by atoms with van der Waals surface area (Å²) in [7, 11) is 0. The predicted molar refractivity (Wildman–Crippen MR) is 70.5 cm³/mol. The van der Waals surface area contributed by atoms with E-state index in [1.165, 1.54) is 0 Å². The highest BCUT2D eigenvalue weighted by Crippen LogP contribution is 2.29. The summed E-state index contributed by atoms with van der Waals surface area (Å²) in [6.07, 6.45) is 2.37. The quantitative estimate of drug-likeness (QED) is 0.851. The molecule has 3 rings (SSSR count). The summed E-state index contributed by atoms with van der Waals surface area (Å²) >= 11 is 0. The van der Waals surface area contributed by atoms with Crippen LogP contribution in [-0.4, -0.2) is 36.1 Å². The van der Waals surface area contributed by atoms with E-state index in [-0.39, 0.29) is 11.9 Å². The second-order valence-corrected chi connectivity index (χ2v) is 5.15. The van der Waals surface area contributed by atoms with Crippen LogP contribution in [0, 0.1) is 0 Å². The number of anilines is 1. The van der Waals surface area contributed by atoms with Gasteiger partial charge in [-0.25, -0.2) is 4.79 Å². The van der Waals surface area contributed by atoms with Gasteiger partial charge in [-0.3, -0.25) is 4.79 Å². The summed E-state index contributed by atoms with van der Waals surface area (Å²) in [6, 6.07) is 5.50. The van der Waals surface area contributed by atoms with Crippen LogP contribution in [0.5, 0.6) is 0 Å². The number of hydrogen-bond acceptors (Lipinski definition) is 3. The number of hydrogen-bond donors (Lipinski definition) is 2. The fourth-order valence-corrected chi connectivity index (χ4v) is 2.87. The summed E-state index contributed by atoms with van der Waals surface area (Å²) in [4.78, 5) is 24.4. The molecule has 19 heavy (non-hydrogen) atoms.